The van der Waals surface area contributed by atoms with Crippen molar-refractivity contribution in [1.29, 1.82) is 0 Å². The molecule has 0 amide bonds. The molecule has 18 heavy (non-hydrogen) atoms. The number of hydrogen-bond acceptors (Lipinski definition) is 4. The van der Waals surface area contributed by atoms with Crippen LogP contribution in [-0.4, -0.2) is 17.3 Å². The molecule has 1 heterocycles. The van der Waals surface area contributed by atoms with Crippen LogP contribution in [0.3, 0.4) is 0 Å². The summed E-state index contributed by atoms with van der Waals surface area (Å²) in [6.45, 7) is 0. The van der Waals surface area contributed by atoms with E-state index in [4.69, 9.17) is 10.5 Å². The maximum absolute atomic E-state index is 6.11. The number of methoxy groups -OCH3 is 1. The Morgan fingerprint density at radius 1 is 1.28 bits per heavy atom. The molecule has 94 valence electrons. The SMILES string of the molecule is COc1ccc(C(N)Cc2cccc(Br)c2)nn1. The zero-order valence-electron chi connectivity index (χ0n) is 10.0. The number of nitrogens with zero attached hydrogens (tertiary/aromatic N) is 2. The van der Waals surface area contributed by atoms with Gasteiger partial charge in [-0.15, -0.1) is 5.10 Å². The Kier molecular flexibility index (Phi) is 4.28. The molecule has 0 saturated carbocycles. The van der Waals surface area contributed by atoms with E-state index >= 15 is 0 Å². The van der Waals surface area contributed by atoms with Crippen LogP contribution in [0.5, 0.6) is 5.88 Å². The van der Waals surface area contributed by atoms with Crippen LogP contribution in [0.2, 0.25) is 0 Å². The summed E-state index contributed by atoms with van der Waals surface area (Å²) in [5, 5.41) is 7.97. The lowest BCUT2D eigenvalue weighted by Gasteiger charge is -2.11. The number of ether oxygens (including phenoxy) is 1. The van der Waals surface area contributed by atoms with Crippen molar-refractivity contribution >= 4 is 15.9 Å². The van der Waals surface area contributed by atoms with Gasteiger partial charge < -0.3 is 10.5 Å². The van der Waals surface area contributed by atoms with Crippen LogP contribution in [0.1, 0.15) is 17.3 Å². The fraction of sp³-hybridized carbons (Fsp3) is 0.231. The summed E-state index contributed by atoms with van der Waals surface area (Å²) in [7, 11) is 1.56. The standard InChI is InChI=1S/C13H14BrN3O/c1-18-13-6-5-12(16-17-13)11(15)8-9-3-2-4-10(14)7-9/h2-7,11H,8,15H2,1H3. The molecule has 1 atom stereocenters. The van der Waals surface area contributed by atoms with E-state index in [1.165, 1.54) is 0 Å². The molecule has 2 aromatic rings. The monoisotopic (exact) mass is 307 g/mol. The highest BCUT2D eigenvalue weighted by Gasteiger charge is 2.09. The molecule has 1 unspecified atom stereocenters. The maximum Gasteiger partial charge on any atom is 0.233 e. The molecule has 0 spiro atoms. The van der Waals surface area contributed by atoms with Crippen molar-refractivity contribution < 1.29 is 4.74 Å². The second-order valence-corrected chi connectivity index (χ2v) is 4.86. The topological polar surface area (TPSA) is 61.0 Å². The van der Waals surface area contributed by atoms with Crippen LogP contribution in [0, 0.1) is 0 Å². The molecule has 0 saturated heterocycles. The number of nitrogens with two attached hydrogens (primary N) is 1. The number of hydrogen-bond donors (Lipinski definition) is 1. The van der Waals surface area contributed by atoms with Gasteiger partial charge in [-0.2, -0.15) is 5.10 Å². The first-order valence-corrected chi connectivity index (χ1v) is 6.36. The van der Waals surface area contributed by atoms with Crippen LogP contribution < -0.4 is 10.5 Å². The number of aromatic nitrogens is 2. The fourth-order valence-corrected chi connectivity index (χ4v) is 2.11. The van der Waals surface area contributed by atoms with Gasteiger partial charge in [-0.25, -0.2) is 0 Å². The number of halogens is 1. The van der Waals surface area contributed by atoms with Gasteiger partial charge in [0.1, 0.15) is 0 Å². The Labute approximate surface area is 114 Å². The second-order valence-electron chi connectivity index (χ2n) is 3.94. The second kappa shape index (κ2) is 5.93. The van der Waals surface area contributed by atoms with Crippen LogP contribution in [0.4, 0.5) is 0 Å². The van der Waals surface area contributed by atoms with Gasteiger partial charge in [0.25, 0.3) is 0 Å². The van der Waals surface area contributed by atoms with Gasteiger partial charge in [-0.1, -0.05) is 28.1 Å². The van der Waals surface area contributed by atoms with Crippen LogP contribution in [-0.2, 0) is 6.42 Å². The van der Waals surface area contributed by atoms with Gasteiger partial charge in [-0.3, -0.25) is 0 Å². The van der Waals surface area contributed by atoms with Crippen molar-refractivity contribution in [3.63, 3.8) is 0 Å². The molecule has 4 nitrogen and oxygen atoms in total. The summed E-state index contributed by atoms with van der Waals surface area (Å²) >= 11 is 3.44. The van der Waals surface area contributed by atoms with Gasteiger partial charge >= 0.3 is 0 Å². The van der Waals surface area contributed by atoms with E-state index in [9.17, 15) is 0 Å². The lowest BCUT2D eigenvalue weighted by atomic mass is 10.0. The fourth-order valence-electron chi connectivity index (χ4n) is 1.66. The van der Waals surface area contributed by atoms with Crippen molar-refractivity contribution in [2.75, 3.05) is 7.11 Å². The Morgan fingerprint density at radius 2 is 2.11 bits per heavy atom. The van der Waals surface area contributed by atoms with E-state index in [1.54, 1.807) is 13.2 Å². The van der Waals surface area contributed by atoms with Gasteiger partial charge in [0.05, 0.1) is 18.8 Å². The van der Waals surface area contributed by atoms with Crippen molar-refractivity contribution in [1.82, 2.24) is 10.2 Å². The predicted molar refractivity (Wildman–Crippen MR) is 73.4 cm³/mol. The highest BCUT2D eigenvalue weighted by Crippen LogP contribution is 2.18. The minimum atomic E-state index is -0.169. The van der Waals surface area contributed by atoms with Crippen molar-refractivity contribution in [2.45, 2.75) is 12.5 Å². The third-order valence-corrected chi connectivity index (χ3v) is 3.09. The average Bonchev–Trinajstić information content (AvgIpc) is 2.39. The molecule has 5 heteroatoms. The minimum absolute atomic E-state index is 0.169. The van der Waals surface area contributed by atoms with E-state index < -0.39 is 0 Å². The van der Waals surface area contributed by atoms with Crippen molar-refractivity contribution in [3.05, 3.63) is 52.1 Å². The summed E-state index contributed by atoms with van der Waals surface area (Å²) in [6.07, 6.45) is 0.723. The van der Waals surface area contributed by atoms with E-state index in [2.05, 4.69) is 32.2 Å². The largest absolute Gasteiger partial charge is 0.480 e. The Bertz CT molecular complexity index is 516. The van der Waals surface area contributed by atoms with Gasteiger partial charge in [-0.05, 0) is 30.2 Å². The molecule has 2 rings (SSSR count). The first-order chi connectivity index (χ1) is 8.69. The molecule has 1 aromatic heterocycles. The smallest absolute Gasteiger partial charge is 0.233 e. The van der Waals surface area contributed by atoms with Crippen LogP contribution >= 0.6 is 15.9 Å². The number of rotatable bonds is 4. The van der Waals surface area contributed by atoms with E-state index in [0.29, 0.717) is 5.88 Å². The van der Waals surface area contributed by atoms with E-state index in [0.717, 1.165) is 22.2 Å². The lowest BCUT2D eigenvalue weighted by molar-refractivity contribution is 0.390. The molecule has 0 aliphatic carbocycles. The van der Waals surface area contributed by atoms with E-state index in [1.807, 2.05) is 24.3 Å². The van der Waals surface area contributed by atoms with Crippen LogP contribution in [0.25, 0.3) is 0 Å². The Morgan fingerprint density at radius 3 is 2.72 bits per heavy atom. The summed E-state index contributed by atoms with van der Waals surface area (Å²) < 4.78 is 6.01. The van der Waals surface area contributed by atoms with Gasteiger partial charge in [0, 0.05) is 10.5 Å². The molecule has 0 fully saturated rings. The van der Waals surface area contributed by atoms with Gasteiger partial charge in [0.15, 0.2) is 0 Å². The summed E-state index contributed by atoms with van der Waals surface area (Å²) in [4.78, 5) is 0. The molecule has 0 radical (unpaired) electrons. The highest BCUT2D eigenvalue weighted by molar-refractivity contribution is 9.10. The molecular weight excluding hydrogens is 294 g/mol. The maximum atomic E-state index is 6.11. The molecule has 0 aliphatic heterocycles. The lowest BCUT2D eigenvalue weighted by Crippen LogP contribution is -2.15. The first kappa shape index (κ1) is 13.0. The van der Waals surface area contributed by atoms with Crippen LogP contribution in [0.15, 0.2) is 40.9 Å². The molecule has 0 aliphatic rings. The minimum Gasteiger partial charge on any atom is -0.480 e. The third-order valence-electron chi connectivity index (χ3n) is 2.59. The summed E-state index contributed by atoms with van der Waals surface area (Å²) in [5.74, 6) is 0.494. The first-order valence-electron chi connectivity index (χ1n) is 5.56. The van der Waals surface area contributed by atoms with Crippen molar-refractivity contribution in [2.24, 2.45) is 5.73 Å². The zero-order valence-corrected chi connectivity index (χ0v) is 11.6. The quantitative estimate of drug-likeness (QED) is 0.942. The normalized spacial score (nSPS) is 12.2. The molecule has 0 bridgehead atoms. The molecular formula is C13H14BrN3O. The molecule has 2 N–H and O–H groups in total. The van der Waals surface area contributed by atoms with Gasteiger partial charge in [0.2, 0.25) is 5.88 Å². The number of benzene rings is 1. The molecule has 1 aromatic carbocycles. The van der Waals surface area contributed by atoms with E-state index in [-0.39, 0.29) is 6.04 Å². The average molecular weight is 308 g/mol. The third kappa shape index (κ3) is 3.27. The Hall–Kier alpha value is -1.46. The summed E-state index contributed by atoms with van der Waals surface area (Å²) in [6, 6.07) is 11.5. The summed E-state index contributed by atoms with van der Waals surface area (Å²) in [5.41, 5.74) is 8.03. The Balaban J connectivity index is 2.09. The van der Waals surface area contributed by atoms with Crippen molar-refractivity contribution in [3.8, 4) is 5.88 Å². The zero-order chi connectivity index (χ0) is 13.0. The predicted octanol–water partition coefficient (Wildman–Crippen LogP) is 2.49. The highest BCUT2D eigenvalue weighted by atomic mass is 79.9.